The number of carbonyl (C=O) groups is 2. The summed E-state index contributed by atoms with van der Waals surface area (Å²) in [6, 6.07) is 10.3. The molecule has 2 aromatic carbocycles. The lowest BCUT2D eigenvalue weighted by Crippen LogP contribution is -2.22. The Morgan fingerprint density at radius 2 is 1.92 bits per heavy atom. The summed E-state index contributed by atoms with van der Waals surface area (Å²) in [6.07, 6.45) is 0. The average molecular weight is 327 g/mol. The number of carboxylic acids is 1. The molecule has 0 unspecified atom stereocenters. The fourth-order valence-electron chi connectivity index (χ4n) is 2.58. The van der Waals surface area contributed by atoms with Crippen LogP contribution >= 0.6 is 0 Å². The molecule has 6 heteroatoms. The van der Waals surface area contributed by atoms with E-state index in [1.807, 2.05) is 13.0 Å². The predicted octanol–water partition coefficient (Wildman–Crippen LogP) is 2.57. The second kappa shape index (κ2) is 6.62. The van der Waals surface area contributed by atoms with Crippen molar-refractivity contribution in [2.75, 3.05) is 19.8 Å². The molecule has 0 aromatic heterocycles. The first kappa shape index (κ1) is 15.9. The number of fused-ring (bicyclic) bond motifs is 1. The molecule has 2 N–H and O–H groups in total. The van der Waals surface area contributed by atoms with E-state index in [-0.39, 0.29) is 17.2 Å². The van der Waals surface area contributed by atoms with Gasteiger partial charge in [0.25, 0.3) is 5.91 Å². The fraction of sp³-hybridized carbons (Fsp3) is 0.222. The maximum absolute atomic E-state index is 12.0. The zero-order chi connectivity index (χ0) is 17.1. The molecule has 6 nitrogen and oxygen atoms in total. The van der Waals surface area contributed by atoms with E-state index < -0.39 is 5.97 Å². The van der Waals surface area contributed by atoms with Crippen molar-refractivity contribution in [2.45, 2.75) is 6.92 Å². The zero-order valence-corrected chi connectivity index (χ0v) is 13.2. The van der Waals surface area contributed by atoms with Gasteiger partial charge >= 0.3 is 5.97 Å². The summed E-state index contributed by atoms with van der Waals surface area (Å²) >= 11 is 0. The summed E-state index contributed by atoms with van der Waals surface area (Å²) in [4.78, 5) is 23.5. The van der Waals surface area contributed by atoms with Gasteiger partial charge in [0.1, 0.15) is 18.8 Å². The largest absolute Gasteiger partial charge is 0.486 e. The van der Waals surface area contributed by atoms with Crippen molar-refractivity contribution in [3.8, 4) is 22.6 Å². The molecule has 1 amide bonds. The van der Waals surface area contributed by atoms with Crippen LogP contribution in [0.3, 0.4) is 0 Å². The lowest BCUT2D eigenvalue weighted by atomic mass is 9.99. The van der Waals surface area contributed by atoms with Crippen LogP contribution in [-0.4, -0.2) is 36.7 Å². The molecule has 2 aromatic rings. The van der Waals surface area contributed by atoms with Crippen molar-refractivity contribution in [3.05, 3.63) is 47.5 Å². The van der Waals surface area contributed by atoms with E-state index >= 15 is 0 Å². The summed E-state index contributed by atoms with van der Waals surface area (Å²) in [7, 11) is 0. The average Bonchev–Trinajstić information content (AvgIpc) is 2.61. The number of aromatic carboxylic acids is 1. The SMILES string of the molecule is CCNC(=O)c1cccc(-c2cc3c(c(C(=O)O)c2)OCCO3)c1. The molecular formula is C18H17NO5. The van der Waals surface area contributed by atoms with E-state index in [9.17, 15) is 14.7 Å². The van der Waals surface area contributed by atoms with Crippen LogP contribution < -0.4 is 14.8 Å². The molecule has 0 bridgehead atoms. The van der Waals surface area contributed by atoms with Crippen LogP contribution in [0.4, 0.5) is 0 Å². The Morgan fingerprint density at radius 1 is 1.12 bits per heavy atom. The number of rotatable bonds is 4. The molecule has 1 heterocycles. The zero-order valence-electron chi connectivity index (χ0n) is 13.2. The first-order chi connectivity index (χ1) is 11.6. The summed E-state index contributed by atoms with van der Waals surface area (Å²) < 4.78 is 11.0. The lowest BCUT2D eigenvalue weighted by molar-refractivity contribution is 0.0686. The van der Waals surface area contributed by atoms with Gasteiger partial charge in [0, 0.05) is 12.1 Å². The first-order valence-corrected chi connectivity index (χ1v) is 7.65. The topological polar surface area (TPSA) is 84.9 Å². The molecule has 24 heavy (non-hydrogen) atoms. The molecule has 124 valence electrons. The van der Waals surface area contributed by atoms with E-state index in [1.54, 1.807) is 24.3 Å². The molecule has 0 fully saturated rings. The maximum Gasteiger partial charge on any atom is 0.339 e. The molecule has 1 aliphatic heterocycles. The number of nitrogens with one attached hydrogen (secondary N) is 1. The van der Waals surface area contributed by atoms with Gasteiger partial charge in [-0.05, 0) is 42.3 Å². The number of hydrogen-bond acceptors (Lipinski definition) is 4. The van der Waals surface area contributed by atoms with Crippen LogP contribution in [0.1, 0.15) is 27.6 Å². The molecule has 0 saturated carbocycles. The molecule has 1 aliphatic rings. The quantitative estimate of drug-likeness (QED) is 0.901. The van der Waals surface area contributed by atoms with Gasteiger partial charge in [-0.15, -0.1) is 0 Å². The third-order valence-electron chi connectivity index (χ3n) is 3.67. The molecule has 3 rings (SSSR count). The van der Waals surface area contributed by atoms with Gasteiger partial charge in [-0.1, -0.05) is 12.1 Å². The first-order valence-electron chi connectivity index (χ1n) is 7.65. The van der Waals surface area contributed by atoms with Gasteiger partial charge < -0.3 is 19.9 Å². The molecule has 0 radical (unpaired) electrons. The van der Waals surface area contributed by atoms with Crippen molar-refractivity contribution < 1.29 is 24.2 Å². The monoisotopic (exact) mass is 327 g/mol. The van der Waals surface area contributed by atoms with E-state index in [4.69, 9.17) is 9.47 Å². The van der Waals surface area contributed by atoms with Crippen molar-refractivity contribution >= 4 is 11.9 Å². The highest BCUT2D eigenvalue weighted by molar-refractivity contribution is 5.97. The number of benzene rings is 2. The predicted molar refractivity (Wildman–Crippen MR) is 87.8 cm³/mol. The van der Waals surface area contributed by atoms with Gasteiger partial charge in [0.15, 0.2) is 11.5 Å². The van der Waals surface area contributed by atoms with E-state index in [0.717, 1.165) is 5.56 Å². The maximum atomic E-state index is 12.0. The normalized spacial score (nSPS) is 12.5. The second-order valence-electron chi connectivity index (χ2n) is 5.29. The van der Waals surface area contributed by atoms with Gasteiger partial charge in [0.2, 0.25) is 0 Å². The standard InChI is InChI=1S/C18H17NO5/c1-2-19-17(20)12-5-3-4-11(8-12)13-9-14(18(21)22)16-15(10-13)23-6-7-24-16/h3-5,8-10H,2,6-7H2,1H3,(H,19,20)(H,21,22). The Bertz CT molecular complexity index is 800. The van der Waals surface area contributed by atoms with Crippen LogP contribution in [0.2, 0.25) is 0 Å². The number of hydrogen-bond donors (Lipinski definition) is 2. The number of ether oxygens (including phenoxy) is 2. The van der Waals surface area contributed by atoms with Gasteiger partial charge in [-0.2, -0.15) is 0 Å². The molecule has 0 saturated heterocycles. The van der Waals surface area contributed by atoms with Crippen molar-refractivity contribution in [1.29, 1.82) is 0 Å². The molecule has 0 spiro atoms. The Kier molecular flexibility index (Phi) is 4.37. The molecular weight excluding hydrogens is 310 g/mol. The van der Waals surface area contributed by atoms with Gasteiger partial charge in [-0.3, -0.25) is 4.79 Å². The summed E-state index contributed by atoms with van der Waals surface area (Å²) in [5.74, 6) is -0.606. The smallest absolute Gasteiger partial charge is 0.339 e. The van der Waals surface area contributed by atoms with Gasteiger partial charge in [-0.25, -0.2) is 4.79 Å². The molecule has 0 atom stereocenters. The Hall–Kier alpha value is -3.02. The van der Waals surface area contributed by atoms with Crippen LogP contribution in [0.5, 0.6) is 11.5 Å². The van der Waals surface area contributed by atoms with Crippen molar-refractivity contribution in [2.24, 2.45) is 0 Å². The highest BCUT2D eigenvalue weighted by Crippen LogP contribution is 2.38. The minimum atomic E-state index is -1.08. The summed E-state index contributed by atoms with van der Waals surface area (Å²) in [6.45, 7) is 3.08. The third kappa shape index (κ3) is 3.03. The third-order valence-corrected chi connectivity index (χ3v) is 3.67. The van der Waals surface area contributed by atoms with E-state index in [0.29, 0.717) is 36.6 Å². The fourth-order valence-corrected chi connectivity index (χ4v) is 2.58. The minimum Gasteiger partial charge on any atom is -0.486 e. The second-order valence-corrected chi connectivity index (χ2v) is 5.29. The Morgan fingerprint density at radius 3 is 2.67 bits per heavy atom. The van der Waals surface area contributed by atoms with E-state index in [2.05, 4.69) is 5.32 Å². The highest BCUT2D eigenvalue weighted by Gasteiger charge is 2.22. The lowest BCUT2D eigenvalue weighted by Gasteiger charge is -2.21. The molecule has 0 aliphatic carbocycles. The van der Waals surface area contributed by atoms with Crippen LogP contribution in [0.15, 0.2) is 36.4 Å². The van der Waals surface area contributed by atoms with Crippen molar-refractivity contribution in [3.63, 3.8) is 0 Å². The summed E-state index contributed by atoms with van der Waals surface area (Å²) in [5, 5.41) is 12.2. The summed E-state index contributed by atoms with van der Waals surface area (Å²) in [5.41, 5.74) is 1.95. The number of amides is 1. The number of carboxylic acid groups (broad SMARTS) is 1. The van der Waals surface area contributed by atoms with Crippen LogP contribution in [-0.2, 0) is 0 Å². The van der Waals surface area contributed by atoms with Crippen LogP contribution in [0, 0.1) is 0 Å². The van der Waals surface area contributed by atoms with Crippen LogP contribution in [0.25, 0.3) is 11.1 Å². The Labute approximate surface area is 139 Å². The minimum absolute atomic E-state index is 0.0469. The highest BCUT2D eigenvalue weighted by atomic mass is 16.6. The van der Waals surface area contributed by atoms with Gasteiger partial charge in [0.05, 0.1) is 0 Å². The van der Waals surface area contributed by atoms with Crippen molar-refractivity contribution in [1.82, 2.24) is 5.32 Å². The number of carbonyl (C=O) groups excluding carboxylic acids is 1. The van der Waals surface area contributed by atoms with E-state index in [1.165, 1.54) is 6.07 Å². The Balaban J connectivity index is 2.06.